The van der Waals surface area contributed by atoms with E-state index in [1.165, 1.54) is 5.56 Å². The number of nitrogens with two attached hydrogens (primary N) is 1. The van der Waals surface area contributed by atoms with Crippen molar-refractivity contribution in [2.75, 3.05) is 20.1 Å². The van der Waals surface area contributed by atoms with E-state index in [-0.39, 0.29) is 48.7 Å². The first kappa shape index (κ1) is 25.4. The zero-order chi connectivity index (χ0) is 19.2. The quantitative estimate of drug-likeness (QED) is 0.732. The van der Waals surface area contributed by atoms with Gasteiger partial charge in [-0.15, -0.1) is 24.8 Å². The predicted octanol–water partition coefficient (Wildman–Crippen LogP) is 4.29. The van der Waals surface area contributed by atoms with Crippen LogP contribution in [0.3, 0.4) is 0 Å². The van der Waals surface area contributed by atoms with Gasteiger partial charge in [0.2, 0.25) is 5.91 Å². The van der Waals surface area contributed by atoms with Crippen molar-refractivity contribution < 1.29 is 4.79 Å². The molecule has 0 bridgehead atoms. The first-order valence-corrected chi connectivity index (χ1v) is 9.89. The second-order valence-corrected chi connectivity index (χ2v) is 7.69. The molecule has 0 saturated carbocycles. The Kier molecular flexibility index (Phi) is 10.7. The number of hydrogen-bond donors (Lipinski definition) is 1. The molecule has 2 aromatic carbocycles. The monoisotopic (exact) mass is 437 g/mol. The minimum atomic E-state index is -0.273. The highest BCUT2D eigenvalue weighted by atomic mass is 35.5. The Morgan fingerprint density at radius 2 is 1.69 bits per heavy atom. The lowest BCUT2D eigenvalue weighted by Gasteiger charge is -2.39. The van der Waals surface area contributed by atoms with E-state index in [0.717, 1.165) is 38.0 Å². The number of piperidine rings is 1. The Bertz CT molecular complexity index is 729. The number of carbonyl (C=O) groups excluding carboxylic acids is 1. The van der Waals surface area contributed by atoms with Crippen molar-refractivity contribution in [3.8, 4) is 0 Å². The average Bonchev–Trinajstić information content (AvgIpc) is 2.73. The molecule has 29 heavy (non-hydrogen) atoms. The third-order valence-electron chi connectivity index (χ3n) is 5.74. The van der Waals surface area contributed by atoms with Crippen LogP contribution in [-0.4, -0.2) is 41.9 Å². The first-order valence-electron chi connectivity index (χ1n) is 9.89. The average molecular weight is 438 g/mol. The lowest BCUT2D eigenvalue weighted by molar-refractivity contribution is -0.137. The van der Waals surface area contributed by atoms with Crippen LogP contribution in [0.5, 0.6) is 0 Å². The summed E-state index contributed by atoms with van der Waals surface area (Å²) in [5.74, 6) is -0.0974. The fourth-order valence-electron chi connectivity index (χ4n) is 3.95. The van der Waals surface area contributed by atoms with Gasteiger partial charge in [-0.3, -0.25) is 9.69 Å². The molecule has 3 unspecified atom stereocenters. The molecule has 4 nitrogen and oxygen atoms in total. The van der Waals surface area contributed by atoms with Crippen molar-refractivity contribution in [2.45, 2.75) is 38.4 Å². The van der Waals surface area contributed by atoms with E-state index < -0.39 is 0 Å². The highest BCUT2D eigenvalue weighted by Crippen LogP contribution is 2.24. The summed E-state index contributed by atoms with van der Waals surface area (Å²) in [6.07, 6.45) is 2.18. The van der Waals surface area contributed by atoms with Crippen LogP contribution in [0.2, 0.25) is 0 Å². The van der Waals surface area contributed by atoms with Gasteiger partial charge in [0, 0.05) is 32.2 Å². The summed E-state index contributed by atoms with van der Waals surface area (Å²) in [4.78, 5) is 17.4. The Morgan fingerprint density at radius 1 is 1.10 bits per heavy atom. The van der Waals surface area contributed by atoms with Gasteiger partial charge in [-0.2, -0.15) is 0 Å². The Labute approximate surface area is 187 Å². The lowest BCUT2D eigenvalue weighted by atomic mass is 9.93. The van der Waals surface area contributed by atoms with Gasteiger partial charge < -0.3 is 10.6 Å². The minimum absolute atomic E-state index is 0. The van der Waals surface area contributed by atoms with Gasteiger partial charge in [0.05, 0.1) is 5.92 Å². The molecule has 1 fully saturated rings. The van der Waals surface area contributed by atoms with E-state index in [4.69, 9.17) is 5.73 Å². The van der Waals surface area contributed by atoms with Crippen LogP contribution in [0.4, 0.5) is 0 Å². The van der Waals surface area contributed by atoms with Crippen molar-refractivity contribution in [3.05, 3.63) is 71.8 Å². The molecule has 0 aromatic heterocycles. The van der Waals surface area contributed by atoms with Crippen molar-refractivity contribution in [3.63, 3.8) is 0 Å². The third kappa shape index (κ3) is 6.71. The molecule has 1 amide bonds. The SMILES string of the molecule is CC(C(=O)N(C)C1CCCN(Cc2ccccc2)C1)C(N)c1ccccc1.Cl.Cl. The number of likely N-dealkylation sites (tertiary alicyclic amines) is 1. The summed E-state index contributed by atoms with van der Waals surface area (Å²) in [6, 6.07) is 20.4. The maximum Gasteiger partial charge on any atom is 0.227 e. The molecular weight excluding hydrogens is 405 g/mol. The van der Waals surface area contributed by atoms with E-state index in [0.29, 0.717) is 0 Å². The van der Waals surface area contributed by atoms with Crippen LogP contribution < -0.4 is 5.73 Å². The molecule has 2 N–H and O–H groups in total. The molecule has 160 valence electrons. The number of halogens is 2. The molecule has 6 heteroatoms. The molecule has 1 heterocycles. The Balaban J connectivity index is 0.00000210. The topological polar surface area (TPSA) is 49.6 Å². The van der Waals surface area contributed by atoms with Crippen molar-refractivity contribution in [1.29, 1.82) is 0 Å². The van der Waals surface area contributed by atoms with Crippen LogP contribution in [-0.2, 0) is 11.3 Å². The van der Waals surface area contributed by atoms with Crippen molar-refractivity contribution >= 4 is 30.7 Å². The zero-order valence-electron chi connectivity index (χ0n) is 17.2. The highest BCUT2D eigenvalue weighted by Gasteiger charge is 2.31. The molecule has 0 radical (unpaired) electrons. The molecule has 0 spiro atoms. The zero-order valence-corrected chi connectivity index (χ0v) is 18.9. The summed E-state index contributed by atoms with van der Waals surface area (Å²) in [7, 11) is 1.94. The second kappa shape index (κ2) is 12.2. The molecule has 1 aliphatic heterocycles. The molecule has 1 aliphatic rings. The van der Waals surface area contributed by atoms with Crippen molar-refractivity contribution in [1.82, 2.24) is 9.80 Å². The number of carbonyl (C=O) groups is 1. The standard InChI is InChI=1S/C23H31N3O.2ClH/c1-18(22(24)20-12-7-4-8-13-20)23(27)25(2)21-14-9-15-26(17-21)16-19-10-5-3-6-11-19;;/h3-8,10-13,18,21-22H,9,14-17,24H2,1-2H3;2*1H. The highest BCUT2D eigenvalue weighted by molar-refractivity contribution is 5.85. The van der Waals surface area contributed by atoms with E-state index >= 15 is 0 Å². The molecule has 3 rings (SSSR count). The number of rotatable bonds is 6. The van der Waals surface area contributed by atoms with E-state index in [1.54, 1.807) is 0 Å². The predicted molar refractivity (Wildman–Crippen MR) is 125 cm³/mol. The lowest BCUT2D eigenvalue weighted by Crippen LogP contribution is -2.50. The van der Waals surface area contributed by atoms with Gasteiger partial charge in [0.25, 0.3) is 0 Å². The molecule has 2 aromatic rings. The van der Waals surface area contributed by atoms with Gasteiger partial charge >= 0.3 is 0 Å². The van der Waals surface area contributed by atoms with Crippen LogP contribution in [0.1, 0.15) is 36.9 Å². The molecular formula is C23H33Cl2N3O. The Morgan fingerprint density at radius 3 is 2.31 bits per heavy atom. The molecule has 1 saturated heterocycles. The number of likely N-dealkylation sites (N-methyl/N-ethyl adjacent to an activating group) is 1. The third-order valence-corrected chi connectivity index (χ3v) is 5.74. The fraction of sp³-hybridized carbons (Fsp3) is 0.435. The van der Waals surface area contributed by atoms with Gasteiger partial charge in [0.15, 0.2) is 0 Å². The first-order chi connectivity index (χ1) is 13.1. The molecule has 3 atom stereocenters. The van der Waals surface area contributed by atoms with E-state index in [9.17, 15) is 4.79 Å². The van der Waals surface area contributed by atoms with Crippen LogP contribution in [0.15, 0.2) is 60.7 Å². The normalized spacial score (nSPS) is 18.7. The second-order valence-electron chi connectivity index (χ2n) is 7.69. The number of benzene rings is 2. The van der Waals surface area contributed by atoms with Crippen LogP contribution in [0.25, 0.3) is 0 Å². The van der Waals surface area contributed by atoms with Crippen LogP contribution >= 0.6 is 24.8 Å². The summed E-state index contributed by atoms with van der Waals surface area (Å²) < 4.78 is 0. The van der Waals surface area contributed by atoms with Gasteiger partial charge in [-0.1, -0.05) is 67.6 Å². The van der Waals surface area contributed by atoms with Crippen LogP contribution in [0, 0.1) is 5.92 Å². The van der Waals surface area contributed by atoms with E-state index in [1.807, 2.05) is 55.3 Å². The maximum absolute atomic E-state index is 13.0. The number of amides is 1. The van der Waals surface area contributed by atoms with E-state index in [2.05, 4.69) is 29.2 Å². The summed E-state index contributed by atoms with van der Waals surface area (Å²) in [5, 5.41) is 0. The minimum Gasteiger partial charge on any atom is -0.341 e. The summed E-state index contributed by atoms with van der Waals surface area (Å²) in [6.45, 7) is 4.90. The largest absolute Gasteiger partial charge is 0.341 e. The summed E-state index contributed by atoms with van der Waals surface area (Å²) in [5.41, 5.74) is 8.72. The Hall–Kier alpha value is -1.59. The number of hydrogen-bond acceptors (Lipinski definition) is 3. The fourth-order valence-corrected chi connectivity index (χ4v) is 3.95. The molecule has 0 aliphatic carbocycles. The van der Waals surface area contributed by atoms with Gasteiger partial charge in [-0.25, -0.2) is 0 Å². The van der Waals surface area contributed by atoms with Gasteiger partial charge in [-0.05, 0) is 30.5 Å². The maximum atomic E-state index is 13.0. The van der Waals surface area contributed by atoms with Crippen molar-refractivity contribution in [2.24, 2.45) is 11.7 Å². The smallest absolute Gasteiger partial charge is 0.227 e. The van der Waals surface area contributed by atoms with Gasteiger partial charge in [0.1, 0.15) is 0 Å². The summed E-state index contributed by atoms with van der Waals surface area (Å²) >= 11 is 0. The number of nitrogens with zero attached hydrogens (tertiary/aromatic N) is 2.